The lowest BCUT2D eigenvalue weighted by molar-refractivity contribution is 0.242. The maximum Gasteiger partial charge on any atom is 0.341 e. The zero-order chi connectivity index (χ0) is 16.4. The molecule has 114 valence electrons. The number of amides is 2. The quantitative estimate of drug-likeness (QED) is 0.925. The molecule has 1 aromatic carbocycles. The van der Waals surface area contributed by atoms with Crippen molar-refractivity contribution in [2.45, 2.75) is 13.0 Å². The van der Waals surface area contributed by atoms with E-state index in [0.717, 1.165) is 11.1 Å². The molecule has 2 unspecified atom stereocenters. The van der Waals surface area contributed by atoms with E-state index in [1.165, 1.54) is 6.07 Å². The fourth-order valence-electron chi connectivity index (χ4n) is 2.64. The molecule has 0 aliphatic carbocycles. The highest BCUT2D eigenvalue weighted by atomic mass is 19.1. The third-order valence-corrected chi connectivity index (χ3v) is 3.81. The standard InChI is InChI=1S/C17H13FN4O/c1-10-14(8-19)16(22-17(23)21-10)13-7-11(4-5-15(13)18)12-3-2-6-20-9-12/h2-7,9,14,16H,1H3,(H,22,23). The number of carbonyl (C=O) groups is 1. The summed E-state index contributed by atoms with van der Waals surface area (Å²) in [5, 5.41) is 11.9. The summed E-state index contributed by atoms with van der Waals surface area (Å²) < 4.78 is 14.3. The largest absolute Gasteiger partial charge is 0.341 e. The van der Waals surface area contributed by atoms with Crippen molar-refractivity contribution in [3.8, 4) is 17.2 Å². The van der Waals surface area contributed by atoms with Crippen molar-refractivity contribution in [1.29, 1.82) is 5.26 Å². The molecule has 0 spiro atoms. The number of nitrogens with zero attached hydrogens (tertiary/aromatic N) is 3. The number of carbonyl (C=O) groups excluding carboxylic acids is 1. The van der Waals surface area contributed by atoms with Gasteiger partial charge in [-0.1, -0.05) is 12.1 Å². The highest BCUT2D eigenvalue weighted by Gasteiger charge is 2.33. The first kappa shape index (κ1) is 14.9. The van der Waals surface area contributed by atoms with Crippen LogP contribution >= 0.6 is 0 Å². The van der Waals surface area contributed by atoms with Crippen molar-refractivity contribution in [1.82, 2.24) is 10.3 Å². The third-order valence-electron chi connectivity index (χ3n) is 3.81. The molecule has 1 aliphatic rings. The van der Waals surface area contributed by atoms with Crippen LogP contribution in [0.15, 0.2) is 47.7 Å². The molecular formula is C17H13FN4O. The van der Waals surface area contributed by atoms with Crippen LogP contribution in [0, 0.1) is 23.1 Å². The van der Waals surface area contributed by atoms with Gasteiger partial charge < -0.3 is 5.32 Å². The van der Waals surface area contributed by atoms with E-state index in [1.54, 1.807) is 37.5 Å². The summed E-state index contributed by atoms with van der Waals surface area (Å²) in [6.45, 7) is 1.60. The summed E-state index contributed by atoms with van der Waals surface area (Å²) in [5.41, 5.74) is 2.24. The van der Waals surface area contributed by atoms with Crippen LogP contribution in [0.5, 0.6) is 0 Å². The van der Waals surface area contributed by atoms with Crippen molar-refractivity contribution in [2.75, 3.05) is 0 Å². The minimum Gasteiger partial charge on any atom is -0.328 e. The molecule has 3 rings (SSSR count). The molecule has 2 aromatic rings. The van der Waals surface area contributed by atoms with Crippen LogP contribution in [0.25, 0.3) is 11.1 Å². The molecule has 0 radical (unpaired) electrons. The molecule has 0 saturated carbocycles. The Labute approximate surface area is 132 Å². The van der Waals surface area contributed by atoms with Gasteiger partial charge in [-0.2, -0.15) is 5.26 Å². The smallest absolute Gasteiger partial charge is 0.328 e. The number of rotatable bonds is 2. The van der Waals surface area contributed by atoms with Gasteiger partial charge in [0, 0.05) is 29.2 Å². The third kappa shape index (κ3) is 2.81. The summed E-state index contributed by atoms with van der Waals surface area (Å²) in [6, 6.07) is 9.02. The van der Waals surface area contributed by atoms with Crippen LogP contribution < -0.4 is 5.32 Å². The molecule has 1 aromatic heterocycles. The van der Waals surface area contributed by atoms with E-state index in [1.807, 2.05) is 6.07 Å². The van der Waals surface area contributed by atoms with Gasteiger partial charge in [-0.15, -0.1) is 0 Å². The second-order valence-corrected chi connectivity index (χ2v) is 5.27. The lowest BCUT2D eigenvalue weighted by atomic mass is 9.88. The molecule has 0 fully saturated rings. The number of benzene rings is 1. The van der Waals surface area contributed by atoms with Crippen molar-refractivity contribution in [3.63, 3.8) is 0 Å². The van der Waals surface area contributed by atoms with Crippen molar-refractivity contribution in [3.05, 3.63) is 54.1 Å². The number of urea groups is 1. The summed E-state index contributed by atoms with van der Waals surface area (Å²) in [5.74, 6) is -1.18. The number of aliphatic imine (C=N–C) groups is 1. The number of pyridine rings is 1. The minimum atomic E-state index is -0.762. The van der Waals surface area contributed by atoms with E-state index in [9.17, 15) is 14.4 Å². The van der Waals surface area contributed by atoms with Crippen molar-refractivity contribution < 1.29 is 9.18 Å². The van der Waals surface area contributed by atoms with Gasteiger partial charge in [-0.05, 0) is 30.7 Å². The molecule has 2 amide bonds. The van der Waals surface area contributed by atoms with Crippen LogP contribution in [0.3, 0.4) is 0 Å². The van der Waals surface area contributed by atoms with E-state index < -0.39 is 23.8 Å². The maximum absolute atomic E-state index is 14.3. The molecule has 1 N–H and O–H groups in total. The topological polar surface area (TPSA) is 78.1 Å². The van der Waals surface area contributed by atoms with Crippen LogP contribution in [0.4, 0.5) is 9.18 Å². The van der Waals surface area contributed by atoms with E-state index in [0.29, 0.717) is 5.71 Å². The number of halogens is 1. The Morgan fingerprint density at radius 1 is 1.30 bits per heavy atom. The Kier molecular flexibility index (Phi) is 3.85. The molecule has 5 nitrogen and oxygen atoms in total. The number of hydrogen-bond acceptors (Lipinski definition) is 3. The zero-order valence-corrected chi connectivity index (χ0v) is 12.3. The second kappa shape index (κ2) is 5.97. The second-order valence-electron chi connectivity index (χ2n) is 5.27. The predicted octanol–water partition coefficient (Wildman–Crippen LogP) is 3.25. The summed E-state index contributed by atoms with van der Waals surface area (Å²) >= 11 is 0. The summed E-state index contributed by atoms with van der Waals surface area (Å²) in [4.78, 5) is 19.4. The van der Waals surface area contributed by atoms with Crippen LogP contribution in [-0.4, -0.2) is 16.7 Å². The van der Waals surface area contributed by atoms with Crippen molar-refractivity contribution >= 4 is 11.7 Å². The Balaban J connectivity index is 2.08. The average Bonchev–Trinajstić information content (AvgIpc) is 2.55. The summed E-state index contributed by atoms with van der Waals surface area (Å²) in [6.07, 6.45) is 3.33. The van der Waals surface area contributed by atoms with Crippen LogP contribution in [0.2, 0.25) is 0 Å². The molecular weight excluding hydrogens is 295 g/mol. The highest BCUT2D eigenvalue weighted by Crippen LogP contribution is 2.31. The molecule has 0 saturated heterocycles. The predicted molar refractivity (Wildman–Crippen MR) is 83.1 cm³/mol. The lowest BCUT2D eigenvalue weighted by Gasteiger charge is -2.27. The highest BCUT2D eigenvalue weighted by molar-refractivity contribution is 5.99. The fraction of sp³-hybridized carbons (Fsp3) is 0.176. The van der Waals surface area contributed by atoms with Gasteiger partial charge in [-0.25, -0.2) is 14.2 Å². The number of nitrogens with one attached hydrogen (secondary N) is 1. The monoisotopic (exact) mass is 308 g/mol. The molecule has 2 atom stereocenters. The van der Waals surface area contributed by atoms with E-state index >= 15 is 0 Å². The molecule has 2 heterocycles. The molecule has 23 heavy (non-hydrogen) atoms. The van der Waals surface area contributed by atoms with Gasteiger partial charge in [0.15, 0.2) is 0 Å². The van der Waals surface area contributed by atoms with E-state index in [2.05, 4.69) is 21.4 Å². The van der Waals surface area contributed by atoms with Gasteiger partial charge in [0.05, 0.1) is 12.1 Å². The Hall–Kier alpha value is -3.07. The minimum absolute atomic E-state index is 0.264. The first-order valence-corrected chi connectivity index (χ1v) is 7.05. The lowest BCUT2D eigenvalue weighted by Crippen LogP contribution is -2.39. The van der Waals surface area contributed by atoms with Gasteiger partial charge in [0.25, 0.3) is 0 Å². The van der Waals surface area contributed by atoms with Gasteiger partial charge in [0.2, 0.25) is 0 Å². The Morgan fingerprint density at radius 3 is 2.83 bits per heavy atom. The molecule has 0 bridgehead atoms. The summed E-state index contributed by atoms with van der Waals surface area (Å²) in [7, 11) is 0. The molecule has 6 heteroatoms. The van der Waals surface area contributed by atoms with Gasteiger partial charge in [-0.3, -0.25) is 4.98 Å². The number of hydrogen-bond donors (Lipinski definition) is 1. The van der Waals surface area contributed by atoms with E-state index in [-0.39, 0.29) is 5.56 Å². The maximum atomic E-state index is 14.3. The van der Waals surface area contributed by atoms with Gasteiger partial charge >= 0.3 is 6.03 Å². The zero-order valence-electron chi connectivity index (χ0n) is 12.3. The fourth-order valence-corrected chi connectivity index (χ4v) is 2.64. The first-order valence-electron chi connectivity index (χ1n) is 7.05. The average molecular weight is 308 g/mol. The Bertz CT molecular complexity index is 826. The van der Waals surface area contributed by atoms with Crippen LogP contribution in [0.1, 0.15) is 18.5 Å². The van der Waals surface area contributed by atoms with Crippen molar-refractivity contribution in [2.24, 2.45) is 10.9 Å². The van der Waals surface area contributed by atoms with Gasteiger partial charge in [0.1, 0.15) is 11.7 Å². The first-order chi connectivity index (χ1) is 11.1. The van der Waals surface area contributed by atoms with E-state index in [4.69, 9.17) is 0 Å². The van der Waals surface area contributed by atoms with Crippen LogP contribution in [-0.2, 0) is 0 Å². The normalized spacial score (nSPS) is 20.4. The molecule has 1 aliphatic heterocycles. The Morgan fingerprint density at radius 2 is 2.13 bits per heavy atom. The SMILES string of the molecule is CC1=NC(=O)NC(c2cc(-c3cccnc3)ccc2F)C1C#N. The number of aromatic nitrogens is 1. The number of nitriles is 1.